The second kappa shape index (κ2) is 8.36. The maximum Gasteiger partial charge on any atom is 0.321 e. The van der Waals surface area contributed by atoms with E-state index >= 15 is 0 Å². The molecule has 0 unspecified atom stereocenters. The van der Waals surface area contributed by atoms with Crippen LogP contribution in [-0.2, 0) is 0 Å². The molecule has 1 saturated heterocycles. The normalized spacial score (nSPS) is 13.9. The lowest BCUT2D eigenvalue weighted by Gasteiger charge is -2.34. The predicted molar refractivity (Wildman–Crippen MR) is 111 cm³/mol. The molecule has 3 aromatic rings. The molecule has 0 bridgehead atoms. The van der Waals surface area contributed by atoms with Crippen molar-refractivity contribution in [2.45, 2.75) is 6.92 Å². The summed E-state index contributed by atoms with van der Waals surface area (Å²) in [5.41, 5.74) is 2.69. The molecular weight excluding hydrogens is 385 g/mol. The van der Waals surface area contributed by atoms with E-state index in [1.165, 1.54) is 24.3 Å². The van der Waals surface area contributed by atoms with Crippen molar-refractivity contribution in [3.8, 4) is 5.69 Å². The van der Waals surface area contributed by atoms with Crippen molar-refractivity contribution >= 4 is 17.6 Å². The number of rotatable bonds is 3. The SMILES string of the molecule is Cc1cc(C(=O)N2CCN(C(=O)Nc3ccc(F)cc3)CC2)nn1-c1ccccc1. The van der Waals surface area contributed by atoms with E-state index in [-0.39, 0.29) is 17.8 Å². The molecule has 2 heterocycles. The molecular formula is C22H22FN5O2. The minimum atomic E-state index is -0.356. The molecule has 30 heavy (non-hydrogen) atoms. The van der Waals surface area contributed by atoms with Gasteiger partial charge in [-0.05, 0) is 49.4 Å². The van der Waals surface area contributed by atoms with Crippen molar-refractivity contribution < 1.29 is 14.0 Å². The molecule has 0 aliphatic carbocycles. The Morgan fingerprint density at radius 2 is 1.57 bits per heavy atom. The highest BCUT2D eigenvalue weighted by atomic mass is 19.1. The predicted octanol–water partition coefficient (Wildman–Crippen LogP) is 3.31. The smallest absolute Gasteiger partial charge is 0.321 e. The minimum Gasteiger partial charge on any atom is -0.334 e. The fraction of sp³-hybridized carbons (Fsp3) is 0.227. The largest absolute Gasteiger partial charge is 0.334 e. The second-order valence-electron chi connectivity index (χ2n) is 7.13. The highest BCUT2D eigenvalue weighted by Crippen LogP contribution is 2.15. The molecule has 154 valence electrons. The van der Waals surface area contributed by atoms with E-state index in [2.05, 4.69) is 10.4 Å². The number of piperazine rings is 1. The first kappa shape index (κ1) is 19.6. The quantitative estimate of drug-likeness (QED) is 0.724. The Labute approximate surface area is 173 Å². The molecule has 7 nitrogen and oxygen atoms in total. The summed E-state index contributed by atoms with van der Waals surface area (Å²) in [5.74, 6) is -0.503. The summed E-state index contributed by atoms with van der Waals surface area (Å²) in [4.78, 5) is 28.6. The van der Waals surface area contributed by atoms with Gasteiger partial charge >= 0.3 is 6.03 Å². The lowest BCUT2D eigenvalue weighted by Crippen LogP contribution is -2.51. The van der Waals surface area contributed by atoms with Crippen LogP contribution in [0.5, 0.6) is 0 Å². The van der Waals surface area contributed by atoms with Crippen molar-refractivity contribution in [1.82, 2.24) is 19.6 Å². The zero-order valence-corrected chi connectivity index (χ0v) is 16.6. The van der Waals surface area contributed by atoms with Crippen molar-refractivity contribution in [2.24, 2.45) is 0 Å². The van der Waals surface area contributed by atoms with Gasteiger partial charge in [-0.2, -0.15) is 5.10 Å². The van der Waals surface area contributed by atoms with Gasteiger partial charge in [0, 0.05) is 37.6 Å². The number of hydrogen-bond acceptors (Lipinski definition) is 3. The van der Waals surface area contributed by atoms with Gasteiger partial charge in [-0.3, -0.25) is 4.79 Å². The van der Waals surface area contributed by atoms with Crippen LogP contribution in [0.15, 0.2) is 60.7 Å². The molecule has 1 aliphatic heterocycles. The van der Waals surface area contributed by atoms with Crippen molar-refractivity contribution in [3.05, 3.63) is 77.9 Å². The van der Waals surface area contributed by atoms with Crippen molar-refractivity contribution in [1.29, 1.82) is 0 Å². The number of amides is 3. The number of carbonyl (C=O) groups is 2. The number of carbonyl (C=O) groups excluding carboxylic acids is 2. The minimum absolute atomic E-state index is 0.147. The van der Waals surface area contributed by atoms with Crippen LogP contribution in [0.1, 0.15) is 16.2 Å². The van der Waals surface area contributed by atoms with Gasteiger partial charge in [0.15, 0.2) is 5.69 Å². The number of benzene rings is 2. The summed E-state index contributed by atoms with van der Waals surface area (Å²) >= 11 is 0. The molecule has 0 spiro atoms. The number of anilines is 1. The highest BCUT2D eigenvalue weighted by Gasteiger charge is 2.26. The van der Waals surface area contributed by atoms with Crippen molar-refractivity contribution in [3.63, 3.8) is 0 Å². The van der Waals surface area contributed by atoms with E-state index < -0.39 is 0 Å². The number of nitrogens with one attached hydrogen (secondary N) is 1. The van der Waals surface area contributed by atoms with Crippen LogP contribution in [-0.4, -0.2) is 57.7 Å². The van der Waals surface area contributed by atoms with Crippen LogP contribution < -0.4 is 5.32 Å². The van der Waals surface area contributed by atoms with Gasteiger partial charge < -0.3 is 15.1 Å². The lowest BCUT2D eigenvalue weighted by molar-refractivity contribution is 0.0665. The summed E-state index contributed by atoms with van der Waals surface area (Å²) < 4.78 is 14.7. The average molecular weight is 407 g/mol. The molecule has 1 N–H and O–H groups in total. The van der Waals surface area contributed by atoms with E-state index in [1.807, 2.05) is 37.3 Å². The fourth-order valence-electron chi connectivity index (χ4n) is 3.42. The number of urea groups is 1. The number of aromatic nitrogens is 2. The zero-order chi connectivity index (χ0) is 21.1. The molecule has 1 fully saturated rings. The standard InChI is InChI=1S/C22H22FN5O2/c1-16-15-20(25-28(16)19-5-3-2-4-6-19)21(29)26-11-13-27(14-12-26)22(30)24-18-9-7-17(23)8-10-18/h2-10,15H,11-14H2,1H3,(H,24,30). The van der Waals surface area contributed by atoms with Crippen LogP contribution in [0, 0.1) is 12.7 Å². The lowest BCUT2D eigenvalue weighted by atomic mass is 10.2. The maximum absolute atomic E-state index is 13.0. The Bertz CT molecular complexity index is 1040. The maximum atomic E-state index is 13.0. The zero-order valence-electron chi connectivity index (χ0n) is 16.6. The van der Waals surface area contributed by atoms with E-state index in [0.29, 0.717) is 37.6 Å². The number of halogens is 1. The monoisotopic (exact) mass is 407 g/mol. The third-order valence-corrected chi connectivity index (χ3v) is 5.06. The van der Waals surface area contributed by atoms with Gasteiger partial charge in [0.25, 0.3) is 5.91 Å². The first-order chi connectivity index (χ1) is 14.5. The Hall–Kier alpha value is -3.68. The van der Waals surface area contributed by atoms with Gasteiger partial charge in [0.1, 0.15) is 5.82 Å². The van der Waals surface area contributed by atoms with Gasteiger partial charge in [-0.15, -0.1) is 0 Å². The van der Waals surface area contributed by atoms with Gasteiger partial charge in [-0.1, -0.05) is 18.2 Å². The van der Waals surface area contributed by atoms with Crippen LogP contribution in [0.3, 0.4) is 0 Å². The van der Waals surface area contributed by atoms with E-state index in [1.54, 1.807) is 20.5 Å². The third kappa shape index (κ3) is 4.17. The topological polar surface area (TPSA) is 70.5 Å². The third-order valence-electron chi connectivity index (χ3n) is 5.06. The van der Waals surface area contributed by atoms with Crippen LogP contribution in [0.4, 0.5) is 14.9 Å². The molecule has 8 heteroatoms. The molecule has 1 aliphatic rings. The Balaban J connectivity index is 1.36. The Kier molecular flexibility index (Phi) is 5.47. The molecule has 0 radical (unpaired) electrons. The molecule has 4 rings (SSSR count). The fourth-order valence-corrected chi connectivity index (χ4v) is 3.42. The van der Waals surface area contributed by atoms with Crippen LogP contribution in [0.25, 0.3) is 5.69 Å². The average Bonchev–Trinajstić information content (AvgIpc) is 3.17. The first-order valence-electron chi connectivity index (χ1n) is 9.74. The van der Waals surface area contributed by atoms with Crippen LogP contribution in [0.2, 0.25) is 0 Å². The highest BCUT2D eigenvalue weighted by molar-refractivity contribution is 5.93. The molecule has 2 aromatic carbocycles. The van der Waals surface area contributed by atoms with E-state index in [9.17, 15) is 14.0 Å². The number of nitrogens with zero attached hydrogens (tertiary/aromatic N) is 4. The van der Waals surface area contributed by atoms with E-state index in [0.717, 1.165) is 11.4 Å². The summed E-state index contributed by atoms with van der Waals surface area (Å²) in [7, 11) is 0. The van der Waals surface area contributed by atoms with E-state index in [4.69, 9.17) is 0 Å². The Morgan fingerprint density at radius 1 is 0.933 bits per heavy atom. The number of hydrogen-bond donors (Lipinski definition) is 1. The van der Waals surface area contributed by atoms with Crippen LogP contribution >= 0.6 is 0 Å². The molecule has 3 amide bonds. The van der Waals surface area contributed by atoms with Gasteiger partial charge in [-0.25, -0.2) is 13.9 Å². The summed E-state index contributed by atoms with van der Waals surface area (Å²) in [5, 5.41) is 7.22. The second-order valence-corrected chi connectivity index (χ2v) is 7.13. The number of aryl methyl sites for hydroxylation is 1. The molecule has 0 atom stereocenters. The van der Waals surface area contributed by atoms with Gasteiger partial charge in [0.2, 0.25) is 0 Å². The first-order valence-corrected chi connectivity index (χ1v) is 9.74. The molecule has 1 aromatic heterocycles. The number of para-hydroxylation sites is 1. The Morgan fingerprint density at radius 3 is 2.23 bits per heavy atom. The molecule has 0 saturated carbocycles. The van der Waals surface area contributed by atoms with Crippen molar-refractivity contribution in [2.75, 3.05) is 31.5 Å². The summed E-state index contributed by atoms with van der Waals surface area (Å²) in [6.07, 6.45) is 0. The van der Waals surface area contributed by atoms with Gasteiger partial charge in [0.05, 0.1) is 5.69 Å². The summed E-state index contributed by atoms with van der Waals surface area (Å²) in [6.45, 7) is 3.59. The summed E-state index contributed by atoms with van der Waals surface area (Å²) in [6, 6.07) is 16.8.